The Morgan fingerprint density at radius 1 is 1.03 bits per heavy atom. The third kappa shape index (κ3) is 16.0. The third-order valence-electron chi connectivity index (χ3n) is 3.76. The van der Waals surface area contributed by atoms with Crippen LogP contribution in [0.5, 0.6) is 5.75 Å². The van der Waals surface area contributed by atoms with Crippen LogP contribution in [0.3, 0.4) is 0 Å². The van der Waals surface area contributed by atoms with Crippen molar-refractivity contribution < 1.29 is 44.3 Å². The molecular formula is C21H27ClN2O9. The first-order chi connectivity index (χ1) is 15.4. The van der Waals surface area contributed by atoms with Crippen molar-refractivity contribution >= 4 is 35.5 Å². The van der Waals surface area contributed by atoms with E-state index in [1.807, 2.05) is 25.1 Å². The number of carbonyl (C=O) groups is 4. The number of likely N-dealkylation sites (tertiary alicyclic amines) is 1. The van der Waals surface area contributed by atoms with Gasteiger partial charge in [0.1, 0.15) is 5.75 Å². The fraction of sp³-hybridized carbons (Fsp3) is 0.333. The van der Waals surface area contributed by atoms with Crippen molar-refractivity contribution in [3.05, 3.63) is 53.1 Å². The van der Waals surface area contributed by atoms with Crippen molar-refractivity contribution in [2.75, 3.05) is 19.7 Å². The molecule has 12 heteroatoms. The van der Waals surface area contributed by atoms with Gasteiger partial charge in [0, 0.05) is 60.6 Å². The average Bonchev–Trinajstić information content (AvgIpc) is 3.12. The predicted molar refractivity (Wildman–Crippen MR) is 119 cm³/mol. The van der Waals surface area contributed by atoms with E-state index in [4.69, 9.17) is 42.5 Å². The van der Waals surface area contributed by atoms with E-state index in [1.54, 1.807) is 0 Å². The summed E-state index contributed by atoms with van der Waals surface area (Å²) in [5, 5.41) is 32.0. The minimum atomic E-state index is -1.26. The van der Waals surface area contributed by atoms with Crippen LogP contribution in [0.2, 0.25) is 5.02 Å². The summed E-state index contributed by atoms with van der Waals surface area (Å²) >= 11 is 6.03. The summed E-state index contributed by atoms with van der Waals surface area (Å²) in [6, 6.07) is 6.10. The number of carboxylic acid groups (broad SMARTS) is 4. The van der Waals surface area contributed by atoms with Crippen LogP contribution >= 0.6 is 11.6 Å². The molecule has 0 bridgehead atoms. The molecule has 11 nitrogen and oxygen atoms in total. The third-order valence-corrected chi connectivity index (χ3v) is 4.00. The van der Waals surface area contributed by atoms with E-state index in [2.05, 4.69) is 4.90 Å². The van der Waals surface area contributed by atoms with Gasteiger partial charge in [-0.25, -0.2) is 19.2 Å². The summed E-state index contributed by atoms with van der Waals surface area (Å²) in [5.74, 6) is -4.10. The molecule has 0 aliphatic carbocycles. The van der Waals surface area contributed by atoms with Crippen molar-refractivity contribution in [3.63, 3.8) is 0 Å². The van der Waals surface area contributed by atoms with Crippen molar-refractivity contribution in [1.82, 2.24) is 4.90 Å². The monoisotopic (exact) mass is 486 g/mol. The second-order valence-electron chi connectivity index (χ2n) is 6.49. The Morgan fingerprint density at radius 3 is 1.88 bits per heavy atom. The van der Waals surface area contributed by atoms with Gasteiger partial charge in [-0.3, -0.25) is 4.90 Å². The maximum atomic E-state index is 9.55. The molecule has 0 spiro atoms. The summed E-state index contributed by atoms with van der Waals surface area (Å²) in [6.07, 6.45) is 3.31. The second kappa shape index (κ2) is 16.3. The molecule has 1 aliphatic rings. The van der Waals surface area contributed by atoms with Gasteiger partial charge in [0.2, 0.25) is 0 Å². The van der Waals surface area contributed by atoms with E-state index < -0.39 is 23.9 Å². The zero-order valence-electron chi connectivity index (χ0n) is 17.9. The highest BCUT2D eigenvalue weighted by Gasteiger charge is 2.20. The molecule has 1 aromatic rings. The molecule has 0 radical (unpaired) electrons. The van der Waals surface area contributed by atoms with Crippen LogP contribution in [0.15, 0.2) is 42.5 Å². The fourth-order valence-corrected chi connectivity index (χ4v) is 2.69. The Kier molecular flexibility index (Phi) is 14.6. The molecule has 0 saturated carbocycles. The lowest BCUT2D eigenvalue weighted by Crippen LogP contribution is -2.26. The number of rotatable bonds is 8. The van der Waals surface area contributed by atoms with Gasteiger partial charge in [-0.05, 0) is 31.5 Å². The van der Waals surface area contributed by atoms with Gasteiger partial charge in [-0.1, -0.05) is 11.6 Å². The van der Waals surface area contributed by atoms with Crippen molar-refractivity contribution in [3.8, 4) is 5.75 Å². The molecule has 0 unspecified atom stereocenters. The van der Waals surface area contributed by atoms with Crippen molar-refractivity contribution in [2.24, 2.45) is 5.73 Å². The molecule has 182 valence electrons. The fourth-order valence-electron chi connectivity index (χ4n) is 2.50. The molecule has 1 fully saturated rings. The van der Waals surface area contributed by atoms with E-state index in [0.29, 0.717) is 37.0 Å². The van der Waals surface area contributed by atoms with Gasteiger partial charge in [0.25, 0.3) is 0 Å². The van der Waals surface area contributed by atoms with E-state index >= 15 is 0 Å². The van der Waals surface area contributed by atoms with Gasteiger partial charge >= 0.3 is 23.9 Å². The standard InChI is InChI=1S/C13H19ClN2O.2C4H4O4/c1-2-17-13-4-3-11(14)7-10(13)8-16-6-5-12(15)9-16;2*5-3(6)1-2-4(7)8/h3-4,7,12H,2,5-6,8-9,15H2,1H3;2*1-2H,(H,5,6)(H,7,8)/b;2*2-1+/t12-;;/m0../s1. The normalized spacial score (nSPS) is 15.3. The average molecular weight is 487 g/mol. The Balaban J connectivity index is 0.000000539. The van der Waals surface area contributed by atoms with Crippen LogP contribution in [0.25, 0.3) is 0 Å². The zero-order valence-corrected chi connectivity index (χ0v) is 18.6. The maximum Gasteiger partial charge on any atom is 0.328 e. The minimum Gasteiger partial charge on any atom is -0.494 e. The molecule has 1 saturated heterocycles. The zero-order chi connectivity index (χ0) is 25.4. The Bertz CT molecular complexity index is 805. The highest BCUT2D eigenvalue weighted by atomic mass is 35.5. The van der Waals surface area contributed by atoms with E-state index in [9.17, 15) is 19.2 Å². The number of ether oxygens (including phenoxy) is 1. The Morgan fingerprint density at radius 2 is 1.52 bits per heavy atom. The smallest absolute Gasteiger partial charge is 0.328 e. The SMILES string of the molecule is CCOc1ccc(Cl)cc1CN1CC[C@H](N)C1.O=C(O)/C=C/C(=O)O.O=C(O)/C=C/C(=O)O. The number of halogens is 1. The lowest BCUT2D eigenvalue weighted by Gasteiger charge is -2.18. The van der Waals surface area contributed by atoms with Gasteiger partial charge in [0.05, 0.1) is 6.61 Å². The predicted octanol–water partition coefficient (Wildman–Crippen LogP) is 1.70. The molecule has 1 atom stereocenters. The van der Waals surface area contributed by atoms with E-state index in [-0.39, 0.29) is 0 Å². The van der Waals surface area contributed by atoms with Gasteiger partial charge in [-0.2, -0.15) is 0 Å². The highest BCUT2D eigenvalue weighted by Crippen LogP contribution is 2.25. The van der Waals surface area contributed by atoms with Crippen LogP contribution in [0.1, 0.15) is 18.9 Å². The van der Waals surface area contributed by atoms with Crippen LogP contribution in [-0.2, 0) is 25.7 Å². The van der Waals surface area contributed by atoms with Gasteiger partial charge in [-0.15, -0.1) is 0 Å². The summed E-state index contributed by atoms with van der Waals surface area (Å²) < 4.78 is 5.61. The molecule has 33 heavy (non-hydrogen) atoms. The maximum absolute atomic E-state index is 9.55. The first kappa shape index (κ1) is 29.6. The second-order valence-corrected chi connectivity index (χ2v) is 6.92. The van der Waals surface area contributed by atoms with E-state index in [0.717, 1.165) is 42.4 Å². The first-order valence-electron chi connectivity index (χ1n) is 9.61. The minimum absolute atomic E-state index is 0.310. The van der Waals surface area contributed by atoms with Crippen LogP contribution in [0, 0.1) is 0 Å². The van der Waals surface area contributed by atoms with Gasteiger partial charge < -0.3 is 30.9 Å². The first-order valence-corrected chi connectivity index (χ1v) is 9.99. The number of nitrogens with two attached hydrogens (primary N) is 1. The Labute approximate surface area is 195 Å². The number of hydrogen-bond donors (Lipinski definition) is 5. The Hall–Kier alpha value is -3.41. The van der Waals surface area contributed by atoms with E-state index in [1.165, 1.54) is 0 Å². The lowest BCUT2D eigenvalue weighted by atomic mass is 10.2. The number of nitrogens with zero attached hydrogens (tertiary/aromatic N) is 1. The van der Waals surface area contributed by atoms with Gasteiger partial charge in [0.15, 0.2) is 0 Å². The lowest BCUT2D eigenvalue weighted by molar-refractivity contribution is -0.134. The molecule has 1 aromatic carbocycles. The molecule has 0 aromatic heterocycles. The number of aliphatic carboxylic acids is 4. The summed E-state index contributed by atoms with van der Waals surface area (Å²) in [6.45, 7) is 5.54. The molecule has 1 aliphatic heterocycles. The van der Waals surface area contributed by atoms with Crippen LogP contribution < -0.4 is 10.5 Å². The number of benzene rings is 1. The summed E-state index contributed by atoms with van der Waals surface area (Å²) in [7, 11) is 0. The topological polar surface area (TPSA) is 188 Å². The van der Waals surface area contributed by atoms with Crippen LogP contribution in [-0.4, -0.2) is 74.9 Å². The van der Waals surface area contributed by atoms with Crippen molar-refractivity contribution in [2.45, 2.75) is 25.9 Å². The highest BCUT2D eigenvalue weighted by molar-refractivity contribution is 6.30. The number of hydrogen-bond acceptors (Lipinski definition) is 7. The molecule has 6 N–H and O–H groups in total. The summed E-state index contributed by atoms with van der Waals surface area (Å²) in [5.41, 5.74) is 7.05. The van der Waals surface area contributed by atoms with Crippen molar-refractivity contribution in [1.29, 1.82) is 0 Å². The molecule has 2 rings (SSSR count). The molecule has 0 amide bonds. The molecular weight excluding hydrogens is 460 g/mol. The van der Waals surface area contributed by atoms with Crippen LogP contribution in [0.4, 0.5) is 0 Å². The molecule has 1 heterocycles. The summed E-state index contributed by atoms with van der Waals surface area (Å²) in [4.78, 5) is 40.6. The quantitative estimate of drug-likeness (QED) is 0.336. The number of carboxylic acids is 4. The largest absolute Gasteiger partial charge is 0.494 e.